The van der Waals surface area contributed by atoms with Gasteiger partial charge in [0.1, 0.15) is 5.78 Å². The second kappa shape index (κ2) is 8.10. The molecule has 0 heterocycles. The van der Waals surface area contributed by atoms with Crippen LogP contribution in [0, 0.1) is 22.7 Å². The topological polar surface area (TPSA) is 66.8 Å². The minimum Gasteiger partial charge on any atom is -0.396 e. The number of fused-ring (bicyclic) bond motifs is 2. The fourth-order valence-electron chi connectivity index (χ4n) is 5.84. The number of methoxy groups -OCH3 is 1. The Labute approximate surface area is 168 Å². The number of benzene rings is 1. The first-order valence-electron chi connectivity index (χ1n) is 10.4. The summed E-state index contributed by atoms with van der Waals surface area (Å²) in [6.45, 7) is 8.80. The lowest BCUT2D eigenvalue weighted by Crippen LogP contribution is -2.47. The number of hydrogen-bond donors (Lipinski definition) is 2. The minimum absolute atomic E-state index is 0.0516. The largest absolute Gasteiger partial charge is 0.396 e. The molecule has 2 bridgehead atoms. The maximum atomic E-state index is 13.6. The van der Waals surface area contributed by atoms with Gasteiger partial charge in [-0.2, -0.15) is 0 Å². The number of carbonyl (C=O) groups is 1. The van der Waals surface area contributed by atoms with Crippen molar-refractivity contribution in [2.75, 3.05) is 20.3 Å². The molecule has 2 aliphatic carbocycles. The summed E-state index contributed by atoms with van der Waals surface area (Å²) in [7, 11) is 1.68. The molecule has 0 aliphatic heterocycles. The average molecular weight is 387 g/mol. The van der Waals surface area contributed by atoms with Crippen LogP contribution in [0.15, 0.2) is 36.4 Å². The van der Waals surface area contributed by atoms with Crippen molar-refractivity contribution < 1.29 is 19.7 Å². The lowest BCUT2D eigenvalue weighted by Gasteiger charge is -2.44. The molecule has 3 rings (SSSR count). The van der Waals surface area contributed by atoms with E-state index in [-0.39, 0.29) is 42.4 Å². The number of aryl methyl sites for hydroxylation is 2. The van der Waals surface area contributed by atoms with Crippen LogP contribution in [0.3, 0.4) is 0 Å². The second-order valence-electron chi connectivity index (χ2n) is 9.02. The summed E-state index contributed by atoms with van der Waals surface area (Å²) < 4.78 is 5.86. The molecule has 2 N–H and O–H groups in total. The van der Waals surface area contributed by atoms with Crippen LogP contribution in [0.25, 0.3) is 0 Å². The molecule has 2 aliphatic rings. The van der Waals surface area contributed by atoms with Crippen LogP contribution in [0.5, 0.6) is 0 Å². The molecule has 2 fully saturated rings. The number of Topliss-reactive ketones (excluding diaryl/α,β-unsaturated/α-hetero) is 1. The maximum absolute atomic E-state index is 13.6. The fraction of sp³-hybridized carbons (Fsp3) is 0.625. The van der Waals surface area contributed by atoms with E-state index < -0.39 is 5.41 Å². The lowest BCUT2D eigenvalue weighted by molar-refractivity contribution is -0.141. The monoisotopic (exact) mass is 386 g/mol. The Kier molecular flexibility index (Phi) is 6.14. The highest BCUT2D eigenvalue weighted by Crippen LogP contribution is 2.69. The minimum atomic E-state index is -0.606. The summed E-state index contributed by atoms with van der Waals surface area (Å²) in [5.41, 5.74) is 2.46. The molecule has 1 aromatic rings. The van der Waals surface area contributed by atoms with Gasteiger partial charge in [-0.3, -0.25) is 4.79 Å². The van der Waals surface area contributed by atoms with E-state index >= 15 is 0 Å². The molecule has 0 spiro atoms. The van der Waals surface area contributed by atoms with E-state index in [0.717, 1.165) is 24.0 Å². The zero-order chi connectivity index (χ0) is 20.5. The van der Waals surface area contributed by atoms with Crippen LogP contribution in [0.4, 0.5) is 0 Å². The highest BCUT2D eigenvalue weighted by atomic mass is 16.5. The van der Waals surface area contributed by atoms with Crippen molar-refractivity contribution in [3.63, 3.8) is 0 Å². The summed E-state index contributed by atoms with van der Waals surface area (Å²) in [6.07, 6.45) is 3.23. The highest BCUT2D eigenvalue weighted by Gasteiger charge is 2.71. The number of rotatable bonds is 9. The normalized spacial score (nSPS) is 30.8. The molecule has 28 heavy (non-hydrogen) atoms. The molecule has 0 aromatic heterocycles. The standard InChI is InChI=1S/C24H34O4/c1-16-21-19(15-26)14-24(22(21)28-4,23(16,2)3)20(27)11-10-18-8-5-7-17(13-18)9-6-12-25/h5,7-8,13,19,21-22,25-26H,1,6,9-12,14-15H2,2-4H3/t19-,21-,22-,24+/m1/s1. The SMILES string of the molecule is C=C1[C@@H]2[C@@H](CO)C[C@](C(=O)CCc3cccc(CCCO)c3)([C@@H]2OC)C1(C)C. The van der Waals surface area contributed by atoms with Crippen molar-refractivity contribution >= 4 is 5.78 Å². The molecular formula is C24H34O4. The number of carbonyl (C=O) groups excluding carboxylic acids is 1. The van der Waals surface area contributed by atoms with Crippen molar-refractivity contribution in [2.24, 2.45) is 22.7 Å². The van der Waals surface area contributed by atoms with Gasteiger partial charge in [0.25, 0.3) is 0 Å². The van der Waals surface area contributed by atoms with Crippen molar-refractivity contribution in [3.05, 3.63) is 47.5 Å². The third-order valence-electron chi connectivity index (χ3n) is 7.47. The summed E-state index contributed by atoms with van der Waals surface area (Å²) >= 11 is 0. The van der Waals surface area contributed by atoms with Gasteiger partial charge < -0.3 is 14.9 Å². The Bertz CT molecular complexity index is 738. The van der Waals surface area contributed by atoms with Gasteiger partial charge in [0.05, 0.1) is 11.5 Å². The van der Waals surface area contributed by atoms with E-state index in [2.05, 4.69) is 38.6 Å². The number of ketones is 1. The molecular weight excluding hydrogens is 352 g/mol. The van der Waals surface area contributed by atoms with Crippen LogP contribution in [-0.2, 0) is 22.4 Å². The first kappa shape index (κ1) is 21.2. The van der Waals surface area contributed by atoms with Crippen molar-refractivity contribution in [1.82, 2.24) is 0 Å². The molecule has 0 unspecified atom stereocenters. The van der Waals surface area contributed by atoms with Gasteiger partial charge in [0.2, 0.25) is 0 Å². The highest BCUT2D eigenvalue weighted by molar-refractivity contribution is 5.89. The lowest BCUT2D eigenvalue weighted by atomic mass is 9.58. The van der Waals surface area contributed by atoms with Gasteiger partial charge in [0, 0.05) is 38.1 Å². The molecule has 4 atom stereocenters. The van der Waals surface area contributed by atoms with Gasteiger partial charge in [-0.25, -0.2) is 0 Å². The van der Waals surface area contributed by atoms with E-state index in [1.165, 1.54) is 5.56 Å². The Morgan fingerprint density at radius 3 is 2.54 bits per heavy atom. The first-order chi connectivity index (χ1) is 13.3. The summed E-state index contributed by atoms with van der Waals surface area (Å²) in [5, 5.41) is 18.9. The molecule has 2 saturated carbocycles. The van der Waals surface area contributed by atoms with Crippen LogP contribution in [-0.4, -0.2) is 42.4 Å². The second-order valence-corrected chi connectivity index (χ2v) is 9.02. The molecule has 0 saturated heterocycles. The van der Waals surface area contributed by atoms with Crippen molar-refractivity contribution in [1.29, 1.82) is 0 Å². The van der Waals surface area contributed by atoms with E-state index in [0.29, 0.717) is 19.3 Å². The Morgan fingerprint density at radius 2 is 1.93 bits per heavy atom. The van der Waals surface area contributed by atoms with Gasteiger partial charge in [-0.05, 0) is 42.7 Å². The fourth-order valence-corrected chi connectivity index (χ4v) is 5.84. The smallest absolute Gasteiger partial charge is 0.142 e. The Morgan fingerprint density at radius 1 is 1.25 bits per heavy atom. The van der Waals surface area contributed by atoms with Crippen molar-refractivity contribution in [3.8, 4) is 0 Å². The van der Waals surface area contributed by atoms with Gasteiger partial charge in [0.15, 0.2) is 0 Å². The molecule has 4 heteroatoms. The number of aliphatic hydroxyl groups is 2. The number of hydrogen-bond acceptors (Lipinski definition) is 4. The summed E-state index contributed by atoms with van der Waals surface area (Å²) in [5.74, 6) is 0.330. The van der Waals surface area contributed by atoms with E-state index in [4.69, 9.17) is 9.84 Å². The van der Waals surface area contributed by atoms with Crippen LogP contribution in [0.1, 0.15) is 44.2 Å². The third-order valence-corrected chi connectivity index (χ3v) is 7.47. The van der Waals surface area contributed by atoms with E-state index in [1.54, 1.807) is 7.11 Å². The van der Waals surface area contributed by atoms with Gasteiger partial charge in [-0.1, -0.05) is 50.3 Å². The molecule has 0 radical (unpaired) electrons. The Hall–Kier alpha value is -1.49. The third kappa shape index (κ3) is 3.16. The van der Waals surface area contributed by atoms with Crippen LogP contribution >= 0.6 is 0 Å². The van der Waals surface area contributed by atoms with Gasteiger partial charge >= 0.3 is 0 Å². The maximum Gasteiger partial charge on any atom is 0.142 e. The van der Waals surface area contributed by atoms with Crippen LogP contribution < -0.4 is 0 Å². The summed E-state index contributed by atoms with van der Waals surface area (Å²) in [6, 6.07) is 8.30. The average Bonchev–Trinajstić information content (AvgIpc) is 3.12. The molecule has 0 amide bonds. The van der Waals surface area contributed by atoms with E-state index in [9.17, 15) is 9.90 Å². The Balaban J connectivity index is 1.80. The molecule has 1 aromatic carbocycles. The summed E-state index contributed by atoms with van der Waals surface area (Å²) in [4.78, 5) is 13.6. The first-order valence-corrected chi connectivity index (χ1v) is 10.4. The predicted octanol–water partition coefficient (Wildman–Crippen LogP) is 3.34. The molecule has 4 nitrogen and oxygen atoms in total. The molecule has 154 valence electrons. The number of ether oxygens (including phenoxy) is 1. The number of aliphatic hydroxyl groups excluding tert-OH is 2. The van der Waals surface area contributed by atoms with Gasteiger partial charge in [-0.15, -0.1) is 0 Å². The quantitative estimate of drug-likeness (QED) is 0.639. The van der Waals surface area contributed by atoms with E-state index in [1.807, 2.05) is 6.07 Å². The van der Waals surface area contributed by atoms with Crippen molar-refractivity contribution in [2.45, 2.75) is 52.1 Å². The van der Waals surface area contributed by atoms with Crippen LogP contribution in [0.2, 0.25) is 0 Å². The zero-order valence-electron chi connectivity index (χ0n) is 17.4. The zero-order valence-corrected chi connectivity index (χ0v) is 17.4. The predicted molar refractivity (Wildman–Crippen MR) is 110 cm³/mol.